The van der Waals surface area contributed by atoms with Crippen LogP contribution in [0.1, 0.15) is 10.4 Å². The highest BCUT2D eigenvalue weighted by Gasteiger charge is 2.16. The molecule has 1 amide bonds. The van der Waals surface area contributed by atoms with E-state index in [-0.39, 0.29) is 5.56 Å². The minimum Gasteiger partial charge on any atom is -0.497 e. The first-order valence-electron chi connectivity index (χ1n) is 7.03. The van der Waals surface area contributed by atoms with Crippen LogP contribution in [0.4, 0.5) is 10.1 Å². The lowest BCUT2D eigenvalue weighted by molar-refractivity contribution is 0.102. The molecule has 0 unspecified atom stereocenters. The van der Waals surface area contributed by atoms with E-state index in [1.54, 1.807) is 36.7 Å². The number of anilines is 1. The molecule has 0 aliphatic carbocycles. The second-order valence-electron chi connectivity index (χ2n) is 4.89. The maximum Gasteiger partial charge on any atom is 0.258 e. The summed E-state index contributed by atoms with van der Waals surface area (Å²) >= 11 is 6.22. The Kier molecular flexibility index (Phi) is 4.48. The van der Waals surface area contributed by atoms with E-state index in [0.717, 1.165) is 6.07 Å². The Morgan fingerprint density at radius 1 is 1.29 bits per heavy atom. The summed E-state index contributed by atoms with van der Waals surface area (Å²) in [7, 11) is 1.43. The van der Waals surface area contributed by atoms with Gasteiger partial charge in [-0.05, 0) is 30.3 Å². The van der Waals surface area contributed by atoms with E-state index in [0.29, 0.717) is 22.1 Å². The smallest absolute Gasteiger partial charge is 0.258 e. The SMILES string of the molecule is COc1ccc(C(=O)Nc2cccc(Cl)c2-n2cccn2)c(F)c1. The molecule has 1 aromatic heterocycles. The lowest BCUT2D eigenvalue weighted by Crippen LogP contribution is -2.15. The Morgan fingerprint density at radius 2 is 2.12 bits per heavy atom. The Bertz CT molecular complexity index is 882. The van der Waals surface area contributed by atoms with Crippen LogP contribution in [0, 0.1) is 5.82 Å². The van der Waals surface area contributed by atoms with Crippen molar-refractivity contribution in [1.82, 2.24) is 9.78 Å². The molecule has 24 heavy (non-hydrogen) atoms. The minimum atomic E-state index is -0.672. The van der Waals surface area contributed by atoms with E-state index in [2.05, 4.69) is 10.4 Å². The third kappa shape index (κ3) is 3.09. The molecule has 1 N–H and O–H groups in total. The largest absolute Gasteiger partial charge is 0.497 e. The fraction of sp³-hybridized carbons (Fsp3) is 0.0588. The molecule has 0 aliphatic rings. The molecule has 0 saturated carbocycles. The number of ether oxygens (including phenoxy) is 1. The van der Waals surface area contributed by atoms with Gasteiger partial charge in [0.25, 0.3) is 5.91 Å². The van der Waals surface area contributed by atoms with Crippen molar-refractivity contribution in [1.29, 1.82) is 0 Å². The van der Waals surface area contributed by atoms with Crippen LogP contribution in [-0.2, 0) is 0 Å². The highest BCUT2D eigenvalue weighted by atomic mass is 35.5. The van der Waals surface area contributed by atoms with E-state index in [1.165, 1.54) is 23.9 Å². The Morgan fingerprint density at radius 3 is 2.79 bits per heavy atom. The summed E-state index contributed by atoms with van der Waals surface area (Å²) in [6.07, 6.45) is 3.29. The van der Waals surface area contributed by atoms with Gasteiger partial charge in [-0.1, -0.05) is 17.7 Å². The number of carbonyl (C=O) groups is 1. The molecule has 0 saturated heterocycles. The normalized spacial score (nSPS) is 10.5. The van der Waals surface area contributed by atoms with E-state index in [1.807, 2.05) is 0 Å². The predicted molar refractivity (Wildman–Crippen MR) is 89.5 cm³/mol. The zero-order chi connectivity index (χ0) is 17.1. The van der Waals surface area contributed by atoms with Crippen molar-refractivity contribution in [2.75, 3.05) is 12.4 Å². The molecule has 0 bridgehead atoms. The summed E-state index contributed by atoms with van der Waals surface area (Å²) in [5.74, 6) is -0.927. The van der Waals surface area contributed by atoms with Crippen LogP contribution in [0.5, 0.6) is 5.75 Å². The molecule has 1 heterocycles. The van der Waals surface area contributed by atoms with Gasteiger partial charge in [-0.3, -0.25) is 4.79 Å². The van der Waals surface area contributed by atoms with Crippen molar-refractivity contribution in [3.8, 4) is 11.4 Å². The number of hydrogen-bond donors (Lipinski definition) is 1. The molecule has 5 nitrogen and oxygen atoms in total. The first kappa shape index (κ1) is 16.0. The molecule has 0 fully saturated rings. The number of benzene rings is 2. The summed E-state index contributed by atoms with van der Waals surface area (Å²) in [6.45, 7) is 0. The van der Waals surface area contributed by atoms with Crippen molar-refractivity contribution < 1.29 is 13.9 Å². The molecule has 0 radical (unpaired) electrons. The first-order chi connectivity index (χ1) is 11.6. The fourth-order valence-corrected chi connectivity index (χ4v) is 2.51. The first-order valence-corrected chi connectivity index (χ1v) is 7.41. The fourth-order valence-electron chi connectivity index (χ4n) is 2.25. The number of amides is 1. The summed E-state index contributed by atoms with van der Waals surface area (Å²) in [5, 5.41) is 7.20. The molecule has 0 atom stereocenters. The average Bonchev–Trinajstić information content (AvgIpc) is 3.08. The van der Waals surface area contributed by atoms with Crippen molar-refractivity contribution >= 4 is 23.2 Å². The van der Waals surface area contributed by atoms with E-state index in [4.69, 9.17) is 16.3 Å². The number of carbonyl (C=O) groups excluding carboxylic acids is 1. The Hall–Kier alpha value is -2.86. The molecule has 0 spiro atoms. The summed E-state index contributed by atoms with van der Waals surface area (Å²) < 4.78 is 20.5. The van der Waals surface area contributed by atoms with Crippen LogP contribution < -0.4 is 10.1 Å². The van der Waals surface area contributed by atoms with Gasteiger partial charge in [-0.25, -0.2) is 9.07 Å². The van der Waals surface area contributed by atoms with E-state index in [9.17, 15) is 9.18 Å². The van der Waals surface area contributed by atoms with E-state index < -0.39 is 11.7 Å². The van der Waals surface area contributed by atoms with Gasteiger partial charge in [-0.15, -0.1) is 0 Å². The quantitative estimate of drug-likeness (QED) is 0.779. The number of rotatable bonds is 4. The van der Waals surface area contributed by atoms with Gasteiger partial charge in [-0.2, -0.15) is 5.10 Å². The number of hydrogen-bond acceptors (Lipinski definition) is 3. The number of methoxy groups -OCH3 is 1. The average molecular weight is 346 g/mol. The maximum atomic E-state index is 14.1. The molecule has 0 aliphatic heterocycles. The van der Waals surface area contributed by atoms with Crippen molar-refractivity contribution in [2.24, 2.45) is 0 Å². The van der Waals surface area contributed by atoms with Crippen LogP contribution in [-0.4, -0.2) is 22.8 Å². The molecular weight excluding hydrogens is 333 g/mol. The van der Waals surface area contributed by atoms with Gasteiger partial charge in [0.05, 0.1) is 23.4 Å². The van der Waals surface area contributed by atoms with Crippen LogP contribution in [0.3, 0.4) is 0 Å². The van der Waals surface area contributed by atoms with Crippen LogP contribution >= 0.6 is 11.6 Å². The zero-order valence-electron chi connectivity index (χ0n) is 12.7. The second kappa shape index (κ2) is 6.72. The van der Waals surface area contributed by atoms with Gasteiger partial charge in [0.15, 0.2) is 0 Å². The monoisotopic (exact) mass is 345 g/mol. The number of aromatic nitrogens is 2. The van der Waals surface area contributed by atoms with Crippen molar-refractivity contribution in [3.63, 3.8) is 0 Å². The standard InChI is InChI=1S/C17H13ClFN3O2/c1-24-11-6-7-12(14(19)10-11)17(23)21-15-5-2-4-13(18)16(15)22-9-3-8-20-22/h2-10H,1H3,(H,21,23). The molecule has 2 aromatic carbocycles. The predicted octanol–water partition coefficient (Wildman–Crippen LogP) is 3.93. The van der Waals surface area contributed by atoms with Gasteiger partial charge in [0, 0.05) is 18.5 Å². The zero-order valence-corrected chi connectivity index (χ0v) is 13.4. The number of nitrogens with zero attached hydrogens (tertiary/aromatic N) is 2. The van der Waals surface area contributed by atoms with Crippen LogP contribution in [0.25, 0.3) is 5.69 Å². The summed E-state index contributed by atoms with van der Waals surface area (Å²) in [5.41, 5.74) is 0.833. The highest BCUT2D eigenvalue weighted by Crippen LogP contribution is 2.28. The number of halogens is 2. The topological polar surface area (TPSA) is 56.1 Å². The Labute approximate surface area is 142 Å². The third-order valence-corrected chi connectivity index (χ3v) is 3.69. The van der Waals surface area contributed by atoms with Crippen molar-refractivity contribution in [3.05, 3.63) is 71.3 Å². The molecule has 122 valence electrons. The number of para-hydroxylation sites is 1. The molecule has 3 aromatic rings. The maximum absolute atomic E-state index is 14.1. The molecule has 7 heteroatoms. The summed E-state index contributed by atoms with van der Waals surface area (Å²) in [4.78, 5) is 12.4. The highest BCUT2D eigenvalue weighted by molar-refractivity contribution is 6.33. The second-order valence-corrected chi connectivity index (χ2v) is 5.29. The molecular formula is C17H13ClFN3O2. The van der Waals surface area contributed by atoms with E-state index >= 15 is 0 Å². The lowest BCUT2D eigenvalue weighted by Gasteiger charge is -2.13. The van der Waals surface area contributed by atoms with Crippen LogP contribution in [0.2, 0.25) is 5.02 Å². The van der Waals surface area contributed by atoms with Gasteiger partial charge in [0.2, 0.25) is 0 Å². The molecule has 3 rings (SSSR count). The van der Waals surface area contributed by atoms with Crippen LogP contribution in [0.15, 0.2) is 54.9 Å². The Balaban J connectivity index is 1.95. The van der Waals surface area contributed by atoms with Gasteiger partial charge < -0.3 is 10.1 Å². The summed E-state index contributed by atoms with van der Waals surface area (Å²) in [6, 6.07) is 10.8. The lowest BCUT2D eigenvalue weighted by atomic mass is 10.1. The van der Waals surface area contributed by atoms with Gasteiger partial charge >= 0.3 is 0 Å². The third-order valence-electron chi connectivity index (χ3n) is 3.39. The van der Waals surface area contributed by atoms with Crippen molar-refractivity contribution in [2.45, 2.75) is 0 Å². The van der Waals surface area contributed by atoms with Gasteiger partial charge in [0.1, 0.15) is 17.3 Å². The minimum absolute atomic E-state index is 0.0952. The number of nitrogens with one attached hydrogen (secondary N) is 1.